The Kier molecular flexibility index (Phi) is 3.49. The minimum Gasteiger partial charge on any atom is -0.462 e. The first-order valence-electron chi connectivity index (χ1n) is 4.40. The minimum absolute atomic E-state index is 0.354. The Morgan fingerprint density at radius 2 is 2.38 bits per heavy atom. The van der Waals surface area contributed by atoms with Gasteiger partial charge in [0.05, 0.1) is 12.8 Å². The lowest BCUT2D eigenvalue weighted by atomic mass is 10.2. The van der Waals surface area contributed by atoms with Crippen molar-refractivity contribution in [3.05, 3.63) is 17.5 Å². The normalized spacial score (nSPS) is 10.0. The number of hydrogen-bond donors (Lipinski definition) is 0. The lowest BCUT2D eigenvalue weighted by Crippen LogP contribution is -2.05. The number of aryl methyl sites for hydroxylation is 1. The van der Waals surface area contributed by atoms with E-state index in [0.717, 1.165) is 6.42 Å². The van der Waals surface area contributed by atoms with Crippen LogP contribution in [0.15, 0.2) is 10.7 Å². The number of carbonyl (C=O) groups excluding carboxylic acids is 1. The van der Waals surface area contributed by atoms with Gasteiger partial charge in [-0.3, -0.25) is 0 Å². The summed E-state index contributed by atoms with van der Waals surface area (Å²) in [5, 5.41) is 3.57. The van der Waals surface area contributed by atoms with Crippen molar-refractivity contribution in [1.82, 2.24) is 5.16 Å². The molecule has 0 saturated heterocycles. The second-order valence-electron chi connectivity index (χ2n) is 2.63. The van der Waals surface area contributed by atoms with Gasteiger partial charge in [-0.25, -0.2) is 4.79 Å². The molecule has 1 aromatic rings. The molecule has 0 aromatic carbocycles. The summed E-state index contributed by atoms with van der Waals surface area (Å²) in [5.41, 5.74) is 0.448. The van der Waals surface area contributed by atoms with E-state index >= 15 is 0 Å². The molecule has 0 saturated carbocycles. The van der Waals surface area contributed by atoms with Crippen LogP contribution in [0.3, 0.4) is 0 Å². The molecule has 72 valence electrons. The van der Waals surface area contributed by atoms with Crippen LogP contribution < -0.4 is 0 Å². The Balaban J connectivity index is 2.74. The quantitative estimate of drug-likeness (QED) is 0.668. The molecule has 0 atom stereocenters. The second-order valence-corrected chi connectivity index (χ2v) is 2.63. The summed E-state index contributed by atoms with van der Waals surface area (Å²) < 4.78 is 9.76. The van der Waals surface area contributed by atoms with Crippen molar-refractivity contribution in [3.63, 3.8) is 0 Å². The van der Waals surface area contributed by atoms with E-state index in [1.165, 1.54) is 6.20 Å². The topological polar surface area (TPSA) is 52.3 Å². The van der Waals surface area contributed by atoms with Crippen molar-refractivity contribution >= 4 is 5.97 Å². The summed E-state index contributed by atoms with van der Waals surface area (Å²) in [6, 6.07) is 0. The Labute approximate surface area is 76.9 Å². The summed E-state index contributed by atoms with van der Waals surface area (Å²) in [6.07, 6.45) is 3.04. The zero-order valence-corrected chi connectivity index (χ0v) is 7.87. The van der Waals surface area contributed by atoms with Crippen molar-refractivity contribution in [2.75, 3.05) is 6.61 Å². The van der Waals surface area contributed by atoms with Gasteiger partial charge in [-0.15, -0.1) is 0 Å². The summed E-state index contributed by atoms with van der Waals surface area (Å²) in [7, 11) is 0. The van der Waals surface area contributed by atoms with Gasteiger partial charge in [-0.05, 0) is 13.3 Å². The van der Waals surface area contributed by atoms with Crippen LogP contribution in [-0.4, -0.2) is 17.7 Å². The molecule has 0 N–H and O–H groups in total. The van der Waals surface area contributed by atoms with E-state index < -0.39 is 0 Å². The van der Waals surface area contributed by atoms with Crippen molar-refractivity contribution in [3.8, 4) is 0 Å². The first-order chi connectivity index (χ1) is 6.29. The number of aromatic nitrogens is 1. The molecule has 4 nitrogen and oxygen atoms in total. The molecule has 0 aliphatic heterocycles. The Morgan fingerprint density at radius 1 is 1.62 bits per heavy atom. The zero-order valence-electron chi connectivity index (χ0n) is 7.87. The fourth-order valence-electron chi connectivity index (χ4n) is 1.05. The van der Waals surface area contributed by atoms with Crippen molar-refractivity contribution in [2.45, 2.75) is 26.7 Å². The zero-order chi connectivity index (χ0) is 9.68. The highest BCUT2D eigenvalue weighted by Gasteiger charge is 2.15. The molecule has 0 radical (unpaired) electrons. The third kappa shape index (κ3) is 2.31. The average molecular weight is 183 g/mol. The highest BCUT2D eigenvalue weighted by molar-refractivity contribution is 5.90. The third-order valence-corrected chi connectivity index (χ3v) is 1.62. The first kappa shape index (κ1) is 9.77. The minimum atomic E-state index is -0.354. The smallest absolute Gasteiger partial charge is 0.343 e. The molecular weight excluding hydrogens is 170 g/mol. The number of esters is 1. The van der Waals surface area contributed by atoms with Gasteiger partial charge in [0.1, 0.15) is 5.56 Å². The standard InChI is InChI=1S/C9H13NO3/c1-3-5-8-7(6-10-13-8)9(11)12-4-2/h6H,3-5H2,1-2H3. The molecule has 0 unspecified atom stereocenters. The van der Waals surface area contributed by atoms with Crippen LogP contribution in [0.25, 0.3) is 0 Å². The van der Waals surface area contributed by atoms with E-state index in [2.05, 4.69) is 5.16 Å². The van der Waals surface area contributed by atoms with Crippen LogP contribution in [0.5, 0.6) is 0 Å². The van der Waals surface area contributed by atoms with E-state index in [9.17, 15) is 4.79 Å². The van der Waals surface area contributed by atoms with Crippen LogP contribution in [0.2, 0.25) is 0 Å². The van der Waals surface area contributed by atoms with Gasteiger partial charge in [0, 0.05) is 6.42 Å². The molecule has 0 aliphatic carbocycles. The fourth-order valence-corrected chi connectivity index (χ4v) is 1.05. The molecule has 1 heterocycles. The maximum Gasteiger partial charge on any atom is 0.343 e. The van der Waals surface area contributed by atoms with Gasteiger partial charge in [0.25, 0.3) is 0 Å². The molecule has 13 heavy (non-hydrogen) atoms. The SMILES string of the molecule is CCCc1oncc1C(=O)OCC. The number of nitrogens with zero attached hydrogens (tertiary/aromatic N) is 1. The van der Waals surface area contributed by atoms with Gasteiger partial charge in [0.15, 0.2) is 5.76 Å². The van der Waals surface area contributed by atoms with E-state index in [1.54, 1.807) is 6.92 Å². The van der Waals surface area contributed by atoms with Crippen molar-refractivity contribution in [1.29, 1.82) is 0 Å². The van der Waals surface area contributed by atoms with Crippen molar-refractivity contribution in [2.24, 2.45) is 0 Å². The molecule has 0 spiro atoms. The lowest BCUT2D eigenvalue weighted by molar-refractivity contribution is 0.0524. The van der Waals surface area contributed by atoms with Gasteiger partial charge in [-0.2, -0.15) is 0 Å². The maximum absolute atomic E-state index is 11.3. The maximum atomic E-state index is 11.3. The van der Waals surface area contributed by atoms with Crippen LogP contribution in [-0.2, 0) is 11.2 Å². The largest absolute Gasteiger partial charge is 0.462 e. The monoisotopic (exact) mass is 183 g/mol. The van der Waals surface area contributed by atoms with E-state index in [0.29, 0.717) is 24.4 Å². The summed E-state index contributed by atoms with van der Waals surface area (Å²) >= 11 is 0. The van der Waals surface area contributed by atoms with E-state index in [4.69, 9.17) is 9.26 Å². The van der Waals surface area contributed by atoms with Crippen LogP contribution in [0, 0.1) is 0 Å². The number of ether oxygens (including phenoxy) is 1. The van der Waals surface area contributed by atoms with Crippen LogP contribution >= 0.6 is 0 Å². The summed E-state index contributed by atoms with van der Waals surface area (Å²) in [5.74, 6) is 0.258. The van der Waals surface area contributed by atoms with Crippen LogP contribution in [0.4, 0.5) is 0 Å². The highest BCUT2D eigenvalue weighted by atomic mass is 16.5. The molecule has 0 aliphatic rings. The second kappa shape index (κ2) is 4.64. The predicted molar refractivity (Wildman–Crippen MR) is 46.5 cm³/mol. The molecular formula is C9H13NO3. The summed E-state index contributed by atoms with van der Waals surface area (Å²) in [4.78, 5) is 11.3. The van der Waals surface area contributed by atoms with E-state index in [-0.39, 0.29) is 5.97 Å². The lowest BCUT2D eigenvalue weighted by Gasteiger charge is -1.99. The molecule has 1 rings (SSSR count). The highest BCUT2D eigenvalue weighted by Crippen LogP contribution is 2.11. The predicted octanol–water partition coefficient (Wildman–Crippen LogP) is 1.80. The van der Waals surface area contributed by atoms with E-state index in [1.807, 2.05) is 6.92 Å². The van der Waals surface area contributed by atoms with Gasteiger partial charge in [0.2, 0.25) is 0 Å². The molecule has 0 bridgehead atoms. The Morgan fingerprint density at radius 3 is 3.00 bits per heavy atom. The summed E-state index contributed by atoms with van der Waals surface area (Å²) in [6.45, 7) is 4.15. The molecule has 0 fully saturated rings. The molecule has 0 amide bonds. The van der Waals surface area contributed by atoms with Crippen LogP contribution in [0.1, 0.15) is 36.4 Å². The Bertz CT molecular complexity index is 280. The Hall–Kier alpha value is -1.32. The number of hydrogen-bond acceptors (Lipinski definition) is 4. The fraction of sp³-hybridized carbons (Fsp3) is 0.556. The van der Waals surface area contributed by atoms with Crippen molar-refractivity contribution < 1.29 is 14.1 Å². The average Bonchev–Trinajstić information content (AvgIpc) is 2.54. The molecule has 4 heteroatoms. The van der Waals surface area contributed by atoms with Gasteiger partial charge in [-0.1, -0.05) is 12.1 Å². The first-order valence-corrected chi connectivity index (χ1v) is 4.40. The number of rotatable bonds is 4. The van der Waals surface area contributed by atoms with Gasteiger partial charge < -0.3 is 9.26 Å². The van der Waals surface area contributed by atoms with Gasteiger partial charge >= 0.3 is 5.97 Å². The third-order valence-electron chi connectivity index (χ3n) is 1.62. The molecule has 1 aromatic heterocycles. The number of carbonyl (C=O) groups is 1.